The van der Waals surface area contributed by atoms with Crippen LogP contribution in [0.3, 0.4) is 0 Å². The van der Waals surface area contributed by atoms with Gasteiger partial charge in [0.05, 0.1) is 0 Å². The van der Waals surface area contributed by atoms with E-state index in [0.717, 1.165) is 23.8 Å². The molecule has 0 saturated heterocycles. The molecule has 0 aliphatic carbocycles. The number of hydrogen-bond acceptors (Lipinski definition) is 2. The van der Waals surface area contributed by atoms with Gasteiger partial charge in [0.1, 0.15) is 4.90 Å². The Hall–Kier alpha value is -0.624. The highest BCUT2D eigenvalue weighted by molar-refractivity contribution is 7.86. The van der Waals surface area contributed by atoms with Crippen LogP contribution in [0, 0.1) is 0 Å². The van der Waals surface area contributed by atoms with Crippen LogP contribution in [0.5, 0.6) is 0 Å². The molecule has 2 aromatic carbocycles. The summed E-state index contributed by atoms with van der Waals surface area (Å²) in [5, 5.41) is 1.45. The molecule has 2 aromatic rings. The molecule has 0 aromatic heterocycles. The van der Waals surface area contributed by atoms with Gasteiger partial charge in [-0.3, -0.25) is 4.55 Å². The van der Waals surface area contributed by atoms with Crippen LogP contribution in [0.4, 0.5) is 0 Å². The number of fused-ring (bicyclic) bond motifs is 1. The van der Waals surface area contributed by atoms with Gasteiger partial charge in [-0.2, -0.15) is 8.42 Å². The van der Waals surface area contributed by atoms with E-state index in [1.165, 1.54) is 44.9 Å². The topological polar surface area (TPSA) is 54.4 Å². The highest BCUT2D eigenvalue weighted by atomic mass is 32.2. The second kappa shape index (κ2) is 12.0. The Kier molecular flexibility index (Phi) is 10.8. The first kappa shape index (κ1) is 23.4. The predicted molar refractivity (Wildman–Crippen MR) is 113 cm³/mol. The Bertz CT molecular complexity index is 772. The smallest absolute Gasteiger partial charge is 0.282 e. The summed E-state index contributed by atoms with van der Waals surface area (Å²) in [4.78, 5) is 0.0881. The molecule has 142 valence electrons. The molecule has 0 saturated carbocycles. The third kappa shape index (κ3) is 7.18. The summed E-state index contributed by atoms with van der Waals surface area (Å²) < 4.78 is 33.5. The van der Waals surface area contributed by atoms with Gasteiger partial charge in [-0.15, -0.1) is 0 Å². The van der Waals surface area contributed by atoms with E-state index >= 15 is 0 Å². The maximum absolute atomic E-state index is 11.9. The van der Waals surface area contributed by atoms with E-state index in [0.29, 0.717) is 11.8 Å². The van der Waals surface area contributed by atoms with E-state index in [1.807, 2.05) is 24.3 Å². The van der Waals surface area contributed by atoms with Gasteiger partial charge in [-0.1, -0.05) is 94.7 Å². The minimum Gasteiger partial charge on any atom is -0.282 e. The largest absolute Gasteiger partial charge is 0.316 e. The average molecular weight is 389 g/mol. The average Bonchev–Trinajstić information content (AvgIpc) is 2.59. The van der Waals surface area contributed by atoms with Gasteiger partial charge in [0.2, 0.25) is 0 Å². The number of unbranched alkanes of at least 4 members (excludes halogenated alkanes) is 8. The van der Waals surface area contributed by atoms with Gasteiger partial charge >= 0.3 is 23.1 Å². The zero-order chi connectivity index (χ0) is 18.1. The molecular weight excluding hydrogens is 357 g/mol. The maximum Gasteiger partial charge on any atom is 0.316 e. The first-order chi connectivity index (χ1) is 12.0. The van der Waals surface area contributed by atoms with Crippen molar-refractivity contribution in [3.05, 3.63) is 42.0 Å². The van der Waals surface area contributed by atoms with Crippen molar-refractivity contribution in [3.63, 3.8) is 0 Å². The number of benzene rings is 2. The Balaban J connectivity index is 0.00000338. The Morgan fingerprint density at radius 2 is 1.38 bits per heavy atom. The summed E-state index contributed by atoms with van der Waals surface area (Å²) in [6.45, 7) is 2.23. The van der Waals surface area contributed by atoms with Crippen LogP contribution in [0.2, 0.25) is 0 Å². The normalized spacial score (nSPS) is 11.5. The molecule has 0 heterocycles. The third-order valence-electron chi connectivity index (χ3n) is 4.77. The van der Waals surface area contributed by atoms with Crippen LogP contribution in [-0.4, -0.2) is 36.0 Å². The van der Waals surface area contributed by atoms with E-state index < -0.39 is 10.1 Å². The lowest BCUT2D eigenvalue weighted by Gasteiger charge is -2.11. The summed E-state index contributed by atoms with van der Waals surface area (Å²) in [5.41, 5.74) is 0.726. The minimum absolute atomic E-state index is 0. The van der Waals surface area contributed by atoms with Crippen LogP contribution in [0.25, 0.3) is 10.8 Å². The van der Waals surface area contributed by atoms with E-state index in [4.69, 9.17) is 0 Å². The van der Waals surface area contributed by atoms with Crippen LogP contribution in [0.15, 0.2) is 41.3 Å². The van der Waals surface area contributed by atoms with Gasteiger partial charge in [-0.25, -0.2) is 0 Å². The zero-order valence-corrected chi connectivity index (χ0v) is 16.0. The summed E-state index contributed by atoms with van der Waals surface area (Å²) in [7, 11) is -4.22. The van der Waals surface area contributed by atoms with Crippen molar-refractivity contribution in [2.45, 2.75) is 76.0 Å². The lowest BCUT2D eigenvalue weighted by molar-refractivity contribution is 0.482. The van der Waals surface area contributed by atoms with Crippen LogP contribution < -0.4 is 0 Å². The molecular formula is C21H32MgO3S. The maximum atomic E-state index is 11.9. The van der Waals surface area contributed by atoms with Crippen LogP contribution in [0.1, 0.15) is 70.3 Å². The molecule has 0 spiro atoms. The molecule has 5 heteroatoms. The molecule has 26 heavy (non-hydrogen) atoms. The molecule has 0 amide bonds. The molecule has 0 unspecified atom stereocenters. The summed E-state index contributed by atoms with van der Waals surface area (Å²) in [6.07, 6.45) is 11.8. The fourth-order valence-electron chi connectivity index (χ4n) is 3.42. The van der Waals surface area contributed by atoms with Gasteiger partial charge in [0.25, 0.3) is 10.1 Å². The van der Waals surface area contributed by atoms with E-state index in [9.17, 15) is 13.0 Å². The summed E-state index contributed by atoms with van der Waals surface area (Å²) in [6, 6.07) is 11.1. The number of aryl methyl sites for hydroxylation is 1. The molecule has 0 atom stereocenters. The molecule has 2 rings (SSSR count). The van der Waals surface area contributed by atoms with Crippen molar-refractivity contribution < 1.29 is 13.0 Å². The molecule has 0 aliphatic rings. The molecule has 1 N–H and O–H groups in total. The van der Waals surface area contributed by atoms with E-state index in [1.54, 1.807) is 12.1 Å². The van der Waals surface area contributed by atoms with Crippen molar-refractivity contribution in [2.75, 3.05) is 0 Å². The van der Waals surface area contributed by atoms with Gasteiger partial charge in [0, 0.05) is 5.39 Å². The number of hydrogen-bond donors (Lipinski definition) is 1. The third-order valence-corrected chi connectivity index (χ3v) is 5.77. The predicted octanol–water partition coefficient (Wildman–Crippen LogP) is 5.24. The lowest BCUT2D eigenvalue weighted by atomic mass is 10.0. The van der Waals surface area contributed by atoms with Crippen molar-refractivity contribution in [1.82, 2.24) is 0 Å². The lowest BCUT2D eigenvalue weighted by Crippen LogP contribution is -2.04. The van der Waals surface area contributed by atoms with Crippen molar-refractivity contribution in [1.29, 1.82) is 0 Å². The monoisotopic (exact) mass is 388 g/mol. The molecule has 0 aliphatic heterocycles. The zero-order valence-electron chi connectivity index (χ0n) is 15.2. The second-order valence-electron chi connectivity index (χ2n) is 6.83. The second-order valence-corrected chi connectivity index (χ2v) is 8.19. The first-order valence-electron chi connectivity index (χ1n) is 9.52. The first-order valence-corrected chi connectivity index (χ1v) is 11.0. The van der Waals surface area contributed by atoms with E-state index in [2.05, 4.69) is 6.92 Å². The quantitative estimate of drug-likeness (QED) is 0.325. The fourth-order valence-corrected chi connectivity index (χ4v) is 4.38. The van der Waals surface area contributed by atoms with Crippen molar-refractivity contribution in [3.8, 4) is 0 Å². The molecule has 0 bridgehead atoms. The van der Waals surface area contributed by atoms with Gasteiger partial charge < -0.3 is 0 Å². The fraction of sp³-hybridized carbons (Fsp3) is 0.524. The number of rotatable bonds is 11. The van der Waals surface area contributed by atoms with Crippen molar-refractivity contribution in [2.24, 2.45) is 0 Å². The Morgan fingerprint density at radius 3 is 2.00 bits per heavy atom. The highest BCUT2D eigenvalue weighted by Crippen LogP contribution is 2.28. The SMILES string of the molecule is CCCCCCCCCCCc1ccc2ccccc2c1S(=O)(=O)O.[MgH2]. The highest BCUT2D eigenvalue weighted by Gasteiger charge is 2.18. The van der Waals surface area contributed by atoms with Crippen LogP contribution >= 0.6 is 0 Å². The molecule has 0 fully saturated rings. The molecule has 3 nitrogen and oxygen atoms in total. The Labute approximate surface area is 174 Å². The summed E-state index contributed by atoms with van der Waals surface area (Å²) in [5.74, 6) is 0. The van der Waals surface area contributed by atoms with E-state index in [-0.39, 0.29) is 27.9 Å². The standard InChI is InChI=1S/C21H30O3S.Mg.2H/c1-2-3-4-5-6-7-8-9-10-14-19-17-16-18-13-11-12-15-20(18)21(19)25(22,23)24;;;/h11-13,15-17H,2-10,14H2,1H3,(H,22,23,24);;;. The molecule has 0 radical (unpaired) electrons. The Morgan fingerprint density at radius 1 is 0.808 bits per heavy atom. The van der Waals surface area contributed by atoms with Crippen LogP contribution in [-0.2, 0) is 16.5 Å². The van der Waals surface area contributed by atoms with Crippen molar-refractivity contribution >= 4 is 43.9 Å². The van der Waals surface area contributed by atoms with Gasteiger partial charge in [0.15, 0.2) is 0 Å². The summed E-state index contributed by atoms with van der Waals surface area (Å²) >= 11 is 0. The van der Waals surface area contributed by atoms with Gasteiger partial charge in [-0.05, 0) is 23.8 Å². The minimum atomic E-state index is -4.22.